The number of anilines is 1. The molecule has 0 aliphatic carbocycles. The first-order chi connectivity index (χ1) is 7.24. The number of nitrogens with zero attached hydrogens (tertiary/aromatic N) is 3. The van der Waals surface area contributed by atoms with Crippen LogP contribution in [0.2, 0.25) is 5.15 Å². The first-order valence-electron chi connectivity index (χ1n) is 4.70. The standard InChI is InChI=1S/C9H14ClN3O2/c1-2-13(3-4-14)9-7(5-15)8(10)11-6-12-9/h6,14-15H,2-5H2,1H3. The average Bonchev–Trinajstić information content (AvgIpc) is 2.25. The summed E-state index contributed by atoms with van der Waals surface area (Å²) in [6, 6.07) is 0. The molecule has 0 fully saturated rings. The lowest BCUT2D eigenvalue weighted by Crippen LogP contribution is -2.28. The van der Waals surface area contributed by atoms with Crippen LogP contribution >= 0.6 is 11.6 Å². The number of hydrogen-bond donors (Lipinski definition) is 2. The molecule has 0 amide bonds. The maximum Gasteiger partial charge on any atom is 0.140 e. The molecule has 0 unspecified atom stereocenters. The number of aliphatic hydroxyl groups excluding tert-OH is 2. The van der Waals surface area contributed by atoms with Crippen molar-refractivity contribution in [3.63, 3.8) is 0 Å². The minimum Gasteiger partial charge on any atom is -0.395 e. The molecule has 0 spiro atoms. The number of aromatic nitrogens is 2. The van der Waals surface area contributed by atoms with Crippen LogP contribution < -0.4 is 4.90 Å². The zero-order valence-corrected chi connectivity index (χ0v) is 9.28. The molecule has 0 aromatic carbocycles. The summed E-state index contributed by atoms with van der Waals surface area (Å²) in [7, 11) is 0. The molecule has 1 aromatic heterocycles. The van der Waals surface area contributed by atoms with Gasteiger partial charge in [0.25, 0.3) is 0 Å². The van der Waals surface area contributed by atoms with E-state index in [0.717, 1.165) is 0 Å². The van der Waals surface area contributed by atoms with Gasteiger partial charge in [-0.05, 0) is 6.92 Å². The fourth-order valence-corrected chi connectivity index (χ4v) is 1.51. The molecular weight excluding hydrogens is 218 g/mol. The second-order valence-corrected chi connectivity index (χ2v) is 3.29. The fraction of sp³-hybridized carbons (Fsp3) is 0.556. The molecule has 1 rings (SSSR count). The third-order valence-corrected chi connectivity index (χ3v) is 2.41. The smallest absolute Gasteiger partial charge is 0.140 e. The largest absolute Gasteiger partial charge is 0.395 e. The van der Waals surface area contributed by atoms with Crippen LogP contribution in [0.15, 0.2) is 6.33 Å². The summed E-state index contributed by atoms with van der Waals surface area (Å²) in [4.78, 5) is 9.68. The van der Waals surface area contributed by atoms with Crippen molar-refractivity contribution in [2.75, 3.05) is 24.6 Å². The fourth-order valence-electron chi connectivity index (χ4n) is 1.33. The Labute approximate surface area is 93.3 Å². The van der Waals surface area contributed by atoms with E-state index < -0.39 is 0 Å². The Balaban J connectivity index is 3.04. The minimum atomic E-state index is -0.211. The Bertz CT molecular complexity index is 322. The summed E-state index contributed by atoms with van der Waals surface area (Å²) in [5.41, 5.74) is 0.495. The quantitative estimate of drug-likeness (QED) is 0.720. The van der Waals surface area contributed by atoms with Gasteiger partial charge in [-0.2, -0.15) is 0 Å². The average molecular weight is 232 g/mol. The Morgan fingerprint density at radius 1 is 1.40 bits per heavy atom. The molecule has 0 radical (unpaired) electrons. The van der Waals surface area contributed by atoms with Crippen LogP contribution in [0.25, 0.3) is 0 Å². The van der Waals surface area contributed by atoms with E-state index in [1.165, 1.54) is 6.33 Å². The van der Waals surface area contributed by atoms with Crippen molar-refractivity contribution in [3.8, 4) is 0 Å². The molecule has 0 aliphatic rings. The van der Waals surface area contributed by atoms with E-state index in [4.69, 9.17) is 21.8 Å². The number of likely N-dealkylation sites (N-methyl/N-ethyl adjacent to an activating group) is 1. The van der Waals surface area contributed by atoms with Crippen molar-refractivity contribution < 1.29 is 10.2 Å². The van der Waals surface area contributed by atoms with Gasteiger partial charge < -0.3 is 15.1 Å². The summed E-state index contributed by atoms with van der Waals surface area (Å²) in [6.07, 6.45) is 1.34. The zero-order chi connectivity index (χ0) is 11.3. The van der Waals surface area contributed by atoms with E-state index in [1.54, 1.807) is 0 Å². The van der Waals surface area contributed by atoms with E-state index in [1.807, 2.05) is 11.8 Å². The molecule has 5 nitrogen and oxygen atoms in total. The van der Waals surface area contributed by atoms with Crippen molar-refractivity contribution in [1.82, 2.24) is 9.97 Å². The predicted molar refractivity (Wildman–Crippen MR) is 57.9 cm³/mol. The maximum atomic E-state index is 9.16. The van der Waals surface area contributed by atoms with E-state index in [0.29, 0.717) is 24.5 Å². The molecular formula is C9H14ClN3O2. The molecule has 1 aromatic rings. The van der Waals surface area contributed by atoms with Crippen LogP contribution in [0.5, 0.6) is 0 Å². The van der Waals surface area contributed by atoms with Crippen molar-refractivity contribution in [3.05, 3.63) is 17.0 Å². The summed E-state index contributed by atoms with van der Waals surface area (Å²) < 4.78 is 0. The van der Waals surface area contributed by atoms with Crippen molar-refractivity contribution in [1.29, 1.82) is 0 Å². The molecule has 0 saturated carbocycles. The zero-order valence-electron chi connectivity index (χ0n) is 8.52. The van der Waals surface area contributed by atoms with Gasteiger partial charge in [-0.1, -0.05) is 11.6 Å². The first-order valence-corrected chi connectivity index (χ1v) is 5.08. The monoisotopic (exact) mass is 231 g/mol. The van der Waals surface area contributed by atoms with Crippen molar-refractivity contribution >= 4 is 17.4 Å². The van der Waals surface area contributed by atoms with Crippen LogP contribution in [-0.2, 0) is 6.61 Å². The maximum absolute atomic E-state index is 9.16. The van der Waals surface area contributed by atoms with Crippen LogP contribution in [-0.4, -0.2) is 39.9 Å². The molecule has 15 heavy (non-hydrogen) atoms. The van der Waals surface area contributed by atoms with Gasteiger partial charge >= 0.3 is 0 Å². The summed E-state index contributed by atoms with van der Waals surface area (Å²) in [5.74, 6) is 0.578. The Morgan fingerprint density at radius 2 is 2.13 bits per heavy atom. The minimum absolute atomic E-state index is 0.0281. The van der Waals surface area contributed by atoms with Gasteiger partial charge in [0.15, 0.2) is 0 Å². The van der Waals surface area contributed by atoms with Gasteiger partial charge in [-0.3, -0.25) is 0 Å². The molecule has 84 valence electrons. The Morgan fingerprint density at radius 3 is 2.67 bits per heavy atom. The highest BCUT2D eigenvalue weighted by Gasteiger charge is 2.13. The van der Waals surface area contributed by atoms with E-state index in [-0.39, 0.29) is 18.4 Å². The lowest BCUT2D eigenvalue weighted by Gasteiger charge is -2.22. The van der Waals surface area contributed by atoms with Crippen LogP contribution in [0.3, 0.4) is 0 Å². The molecule has 0 aliphatic heterocycles. The van der Waals surface area contributed by atoms with Crippen molar-refractivity contribution in [2.45, 2.75) is 13.5 Å². The van der Waals surface area contributed by atoms with Gasteiger partial charge in [0, 0.05) is 13.1 Å². The topological polar surface area (TPSA) is 69.5 Å². The Kier molecular flexibility index (Phi) is 4.74. The molecule has 0 saturated heterocycles. The summed E-state index contributed by atoms with van der Waals surface area (Å²) in [5, 5.41) is 18.3. The highest BCUT2D eigenvalue weighted by Crippen LogP contribution is 2.22. The van der Waals surface area contributed by atoms with E-state index >= 15 is 0 Å². The normalized spacial score (nSPS) is 10.4. The van der Waals surface area contributed by atoms with Gasteiger partial charge in [-0.15, -0.1) is 0 Å². The highest BCUT2D eigenvalue weighted by atomic mass is 35.5. The van der Waals surface area contributed by atoms with Gasteiger partial charge in [0.05, 0.1) is 18.8 Å². The van der Waals surface area contributed by atoms with Gasteiger partial charge in [0.2, 0.25) is 0 Å². The number of hydrogen-bond acceptors (Lipinski definition) is 5. The number of halogens is 1. The van der Waals surface area contributed by atoms with Crippen LogP contribution in [0.1, 0.15) is 12.5 Å². The van der Waals surface area contributed by atoms with Crippen molar-refractivity contribution in [2.24, 2.45) is 0 Å². The molecule has 0 atom stereocenters. The first kappa shape index (κ1) is 12.2. The summed E-state index contributed by atoms with van der Waals surface area (Å²) >= 11 is 5.83. The lowest BCUT2D eigenvalue weighted by atomic mass is 10.3. The van der Waals surface area contributed by atoms with E-state index in [9.17, 15) is 0 Å². The lowest BCUT2D eigenvalue weighted by molar-refractivity contribution is 0.279. The second-order valence-electron chi connectivity index (χ2n) is 2.93. The second kappa shape index (κ2) is 5.85. The number of rotatable bonds is 5. The van der Waals surface area contributed by atoms with Gasteiger partial charge in [0.1, 0.15) is 17.3 Å². The number of aliphatic hydroxyl groups is 2. The van der Waals surface area contributed by atoms with Gasteiger partial charge in [-0.25, -0.2) is 9.97 Å². The molecule has 2 N–H and O–H groups in total. The van der Waals surface area contributed by atoms with Crippen LogP contribution in [0.4, 0.5) is 5.82 Å². The van der Waals surface area contributed by atoms with Crippen LogP contribution in [0, 0.1) is 0 Å². The third kappa shape index (κ3) is 2.77. The third-order valence-electron chi connectivity index (χ3n) is 2.08. The molecule has 1 heterocycles. The summed E-state index contributed by atoms with van der Waals surface area (Å²) in [6.45, 7) is 2.89. The Hall–Kier alpha value is -0.910. The van der Waals surface area contributed by atoms with E-state index in [2.05, 4.69) is 9.97 Å². The molecule has 6 heteroatoms. The highest BCUT2D eigenvalue weighted by molar-refractivity contribution is 6.30. The molecule has 0 bridgehead atoms. The predicted octanol–water partition coefficient (Wildman–Crippen LogP) is 0.441. The SMILES string of the molecule is CCN(CCO)c1ncnc(Cl)c1CO.